The summed E-state index contributed by atoms with van der Waals surface area (Å²) in [4.78, 5) is 13.1. The first-order valence-electron chi connectivity index (χ1n) is 11.8. The number of hydrogen-bond donors (Lipinski definition) is 2. The molecule has 3 aromatic rings. The van der Waals surface area contributed by atoms with Gasteiger partial charge in [-0.2, -0.15) is 0 Å². The molecule has 1 saturated heterocycles. The summed E-state index contributed by atoms with van der Waals surface area (Å²) in [6, 6.07) is 25.1. The highest BCUT2D eigenvalue weighted by Gasteiger charge is 2.35. The molecule has 3 unspecified atom stereocenters. The molecule has 0 saturated carbocycles. The van der Waals surface area contributed by atoms with Gasteiger partial charge in [-0.3, -0.25) is 4.79 Å². The Bertz CT molecular complexity index is 1200. The lowest BCUT2D eigenvalue weighted by Crippen LogP contribution is -2.55. The van der Waals surface area contributed by atoms with Gasteiger partial charge in [0.25, 0.3) is 5.91 Å². The van der Waals surface area contributed by atoms with Gasteiger partial charge in [-0.05, 0) is 35.4 Å². The van der Waals surface area contributed by atoms with Crippen LogP contribution in [0.4, 0.5) is 5.69 Å². The van der Waals surface area contributed by atoms with Crippen molar-refractivity contribution in [2.24, 2.45) is 0 Å². The zero-order valence-electron chi connectivity index (χ0n) is 19.1. The highest BCUT2D eigenvalue weighted by atomic mass is 16.5. The molecule has 1 aliphatic heterocycles. The Labute approximate surface area is 200 Å². The molecule has 2 N–H and O–H groups in total. The van der Waals surface area contributed by atoms with E-state index in [0.29, 0.717) is 24.3 Å². The fraction of sp³-hybridized carbons (Fsp3) is 0.207. The smallest absolute Gasteiger partial charge is 0.256 e. The molecule has 2 aliphatic rings. The number of nitrogens with zero attached hydrogens (tertiary/aromatic N) is 1. The van der Waals surface area contributed by atoms with Crippen molar-refractivity contribution in [3.05, 3.63) is 120 Å². The molecule has 5 nitrogen and oxygen atoms in total. The van der Waals surface area contributed by atoms with Gasteiger partial charge >= 0.3 is 0 Å². The van der Waals surface area contributed by atoms with Crippen LogP contribution in [0.25, 0.3) is 11.1 Å². The Hall–Kier alpha value is -3.51. The number of rotatable bonds is 5. The number of nitrogens with one attached hydrogen (secondary N) is 2. The number of benzene rings is 3. The van der Waals surface area contributed by atoms with Crippen molar-refractivity contribution in [1.29, 1.82) is 0 Å². The summed E-state index contributed by atoms with van der Waals surface area (Å²) < 4.78 is -0.269. The Morgan fingerprint density at radius 3 is 2.50 bits per heavy atom. The van der Waals surface area contributed by atoms with E-state index in [2.05, 4.69) is 16.7 Å². The molecule has 5 heteroatoms. The monoisotopic (exact) mass is 451 g/mol. The molecule has 0 bridgehead atoms. The van der Waals surface area contributed by atoms with Gasteiger partial charge in [-0.1, -0.05) is 78.9 Å². The van der Waals surface area contributed by atoms with Gasteiger partial charge in [0.1, 0.15) is 12.6 Å². The highest BCUT2D eigenvalue weighted by Crippen LogP contribution is 2.28. The lowest BCUT2D eigenvalue weighted by molar-refractivity contribution is -0.911. The summed E-state index contributed by atoms with van der Waals surface area (Å²) in [7, 11) is 0. The van der Waals surface area contributed by atoms with E-state index in [-0.39, 0.29) is 22.6 Å². The lowest BCUT2D eigenvalue weighted by atomic mass is 9.99. The molecule has 1 aliphatic carbocycles. The highest BCUT2D eigenvalue weighted by molar-refractivity contribution is 6.08. The van der Waals surface area contributed by atoms with Crippen LogP contribution in [0, 0.1) is 5.21 Å². The summed E-state index contributed by atoms with van der Waals surface area (Å²) in [6.45, 7) is 1.85. The maximum absolute atomic E-state index is 13.8. The minimum Gasteiger partial charge on any atom is -0.632 e. The van der Waals surface area contributed by atoms with E-state index >= 15 is 0 Å². The van der Waals surface area contributed by atoms with Gasteiger partial charge in [-0.25, -0.2) is 0 Å². The maximum Gasteiger partial charge on any atom is 0.256 e. The number of carbonyl (C=O) groups is 1. The van der Waals surface area contributed by atoms with Crippen LogP contribution < -0.4 is 10.6 Å². The van der Waals surface area contributed by atoms with Crippen LogP contribution >= 0.6 is 0 Å². The molecule has 1 fully saturated rings. The zero-order valence-corrected chi connectivity index (χ0v) is 19.1. The minimum absolute atomic E-state index is 0.0771. The van der Waals surface area contributed by atoms with Crippen molar-refractivity contribution in [1.82, 2.24) is 5.32 Å². The fourth-order valence-corrected chi connectivity index (χ4v) is 4.93. The SMILES string of the molecule is O=C(Nc1ccc(C[N+]2([O-])CCCNC3C=CC=CC32)cc1)c1ccccc1-c1ccccc1. The molecule has 5 rings (SSSR count). The summed E-state index contributed by atoms with van der Waals surface area (Å²) in [5.74, 6) is -0.153. The molecule has 172 valence electrons. The Balaban J connectivity index is 1.30. The molecule has 1 amide bonds. The van der Waals surface area contributed by atoms with Crippen LogP contribution in [-0.4, -0.2) is 35.7 Å². The van der Waals surface area contributed by atoms with Crippen molar-refractivity contribution >= 4 is 11.6 Å². The first kappa shape index (κ1) is 22.3. The van der Waals surface area contributed by atoms with E-state index < -0.39 is 0 Å². The van der Waals surface area contributed by atoms with Crippen molar-refractivity contribution in [2.75, 3.05) is 18.4 Å². The second kappa shape index (κ2) is 9.77. The van der Waals surface area contributed by atoms with E-state index in [4.69, 9.17) is 0 Å². The topological polar surface area (TPSA) is 64.2 Å². The van der Waals surface area contributed by atoms with Crippen LogP contribution in [0.15, 0.2) is 103 Å². The van der Waals surface area contributed by atoms with E-state index in [9.17, 15) is 10.0 Å². The number of allylic oxidation sites excluding steroid dienone is 2. The number of hydroxylamine groups is 3. The molecular formula is C29H29N3O2. The Morgan fingerprint density at radius 1 is 0.941 bits per heavy atom. The van der Waals surface area contributed by atoms with Gasteiger partial charge in [-0.15, -0.1) is 0 Å². The molecule has 1 heterocycles. The number of hydrogen-bond acceptors (Lipinski definition) is 3. The molecule has 3 atom stereocenters. The molecule has 0 spiro atoms. The summed E-state index contributed by atoms with van der Waals surface area (Å²) in [6.07, 6.45) is 8.97. The van der Waals surface area contributed by atoms with E-state index in [0.717, 1.165) is 29.7 Å². The van der Waals surface area contributed by atoms with Gasteiger partial charge < -0.3 is 20.5 Å². The predicted octanol–water partition coefficient (Wildman–Crippen LogP) is 5.28. The summed E-state index contributed by atoms with van der Waals surface area (Å²) in [5, 5.41) is 20.3. The van der Waals surface area contributed by atoms with Crippen molar-refractivity contribution < 1.29 is 9.44 Å². The quantitative estimate of drug-likeness (QED) is 0.410. The standard InChI is InChI=1S/C29H29N3O2/c33-29(26-12-5-4-11-25(26)23-9-2-1-3-10-23)31-24-17-15-22(16-18-24)21-32(34)20-8-19-30-27-13-6-7-14-28(27)32/h1-7,9-18,27-28,30H,8,19-21H2,(H,31,33). The summed E-state index contributed by atoms with van der Waals surface area (Å²) in [5.41, 5.74) is 4.21. The number of amides is 1. The predicted molar refractivity (Wildman–Crippen MR) is 137 cm³/mol. The average molecular weight is 452 g/mol. The van der Waals surface area contributed by atoms with E-state index in [1.165, 1.54) is 0 Å². The molecular weight excluding hydrogens is 422 g/mol. The summed E-state index contributed by atoms with van der Waals surface area (Å²) >= 11 is 0. The number of fused-ring (bicyclic) bond motifs is 1. The normalized spacial score (nSPS) is 23.7. The number of anilines is 1. The van der Waals surface area contributed by atoms with Crippen LogP contribution in [0.2, 0.25) is 0 Å². The first-order valence-corrected chi connectivity index (χ1v) is 11.8. The van der Waals surface area contributed by atoms with Gasteiger partial charge in [0.05, 0.1) is 12.6 Å². The average Bonchev–Trinajstić information content (AvgIpc) is 3.04. The minimum atomic E-state index is -0.269. The number of carbonyl (C=O) groups excluding carboxylic acids is 1. The van der Waals surface area contributed by atoms with Gasteiger partial charge in [0.2, 0.25) is 0 Å². The van der Waals surface area contributed by atoms with Crippen molar-refractivity contribution in [3.63, 3.8) is 0 Å². The van der Waals surface area contributed by atoms with Crippen molar-refractivity contribution in [3.8, 4) is 11.1 Å². The van der Waals surface area contributed by atoms with E-state index in [1.54, 1.807) is 0 Å². The first-order chi connectivity index (χ1) is 16.6. The second-order valence-corrected chi connectivity index (χ2v) is 8.99. The Kier molecular flexibility index (Phi) is 6.41. The third-order valence-corrected chi connectivity index (χ3v) is 6.66. The van der Waals surface area contributed by atoms with Gasteiger partial charge in [0, 0.05) is 29.8 Å². The molecule has 3 aromatic carbocycles. The zero-order chi connectivity index (χ0) is 23.4. The van der Waals surface area contributed by atoms with Crippen LogP contribution in [0.5, 0.6) is 0 Å². The van der Waals surface area contributed by atoms with Crippen molar-refractivity contribution in [2.45, 2.75) is 25.0 Å². The lowest BCUT2D eigenvalue weighted by Gasteiger charge is -2.49. The molecule has 0 aromatic heterocycles. The largest absolute Gasteiger partial charge is 0.632 e. The maximum atomic E-state index is 13.8. The second-order valence-electron chi connectivity index (χ2n) is 8.99. The Morgan fingerprint density at radius 2 is 1.68 bits per heavy atom. The van der Waals surface area contributed by atoms with Crippen LogP contribution in [0.1, 0.15) is 22.3 Å². The third-order valence-electron chi connectivity index (χ3n) is 6.66. The third kappa shape index (κ3) is 4.73. The van der Waals surface area contributed by atoms with Gasteiger partial charge in [0.15, 0.2) is 0 Å². The van der Waals surface area contributed by atoms with E-state index in [1.807, 2.05) is 97.1 Å². The molecule has 0 radical (unpaired) electrons. The van der Waals surface area contributed by atoms with Crippen LogP contribution in [-0.2, 0) is 6.54 Å². The number of quaternary nitrogens is 1. The fourth-order valence-electron chi connectivity index (χ4n) is 4.93. The van der Waals surface area contributed by atoms with Crippen LogP contribution in [0.3, 0.4) is 0 Å². The molecule has 34 heavy (non-hydrogen) atoms.